The standard InChI is InChI=1S/C14H21NO2/c15-11-12-5-1-2-8-14(12)17-10-4-7-13-6-3-9-16-13/h1-2,5,8,13H,3-4,6-7,9-11,15H2. The molecule has 17 heavy (non-hydrogen) atoms. The monoisotopic (exact) mass is 235 g/mol. The molecule has 2 rings (SSSR count). The van der Waals surface area contributed by atoms with Gasteiger partial charge in [-0.3, -0.25) is 0 Å². The molecular formula is C14H21NO2. The molecule has 0 saturated carbocycles. The maximum absolute atomic E-state index is 5.75. The van der Waals surface area contributed by atoms with Gasteiger partial charge in [-0.2, -0.15) is 0 Å². The number of para-hydroxylation sites is 1. The molecule has 1 fully saturated rings. The average molecular weight is 235 g/mol. The van der Waals surface area contributed by atoms with E-state index in [2.05, 4.69) is 0 Å². The highest BCUT2D eigenvalue weighted by molar-refractivity contribution is 5.32. The van der Waals surface area contributed by atoms with Crippen LogP contribution in [-0.4, -0.2) is 19.3 Å². The lowest BCUT2D eigenvalue weighted by Crippen LogP contribution is -2.08. The van der Waals surface area contributed by atoms with E-state index < -0.39 is 0 Å². The zero-order valence-electron chi connectivity index (χ0n) is 10.2. The van der Waals surface area contributed by atoms with Gasteiger partial charge in [0.25, 0.3) is 0 Å². The normalized spacial score (nSPS) is 19.5. The molecule has 1 aromatic rings. The number of nitrogens with two attached hydrogens (primary N) is 1. The molecule has 1 aliphatic rings. The largest absolute Gasteiger partial charge is 0.493 e. The van der Waals surface area contributed by atoms with Crippen molar-refractivity contribution in [1.82, 2.24) is 0 Å². The predicted molar refractivity (Wildman–Crippen MR) is 68.0 cm³/mol. The Hall–Kier alpha value is -1.06. The molecule has 3 heteroatoms. The van der Waals surface area contributed by atoms with Crippen molar-refractivity contribution in [2.24, 2.45) is 5.73 Å². The molecule has 0 spiro atoms. The maximum atomic E-state index is 5.75. The molecule has 0 bridgehead atoms. The summed E-state index contributed by atoms with van der Waals surface area (Å²) in [5.74, 6) is 0.919. The van der Waals surface area contributed by atoms with Gasteiger partial charge in [-0.05, 0) is 31.7 Å². The van der Waals surface area contributed by atoms with Crippen LogP contribution in [0, 0.1) is 0 Å². The van der Waals surface area contributed by atoms with Crippen molar-refractivity contribution in [3.8, 4) is 5.75 Å². The van der Waals surface area contributed by atoms with E-state index in [0.717, 1.165) is 37.4 Å². The minimum Gasteiger partial charge on any atom is -0.493 e. The molecule has 0 aliphatic carbocycles. The molecule has 0 aromatic heterocycles. The second-order valence-electron chi connectivity index (χ2n) is 4.44. The molecule has 1 atom stereocenters. The summed E-state index contributed by atoms with van der Waals surface area (Å²) in [5.41, 5.74) is 6.73. The van der Waals surface area contributed by atoms with Gasteiger partial charge >= 0.3 is 0 Å². The van der Waals surface area contributed by atoms with Gasteiger partial charge in [-0.25, -0.2) is 0 Å². The molecule has 1 saturated heterocycles. The van der Waals surface area contributed by atoms with Crippen LogP contribution in [0.15, 0.2) is 24.3 Å². The number of rotatable bonds is 6. The fourth-order valence-corrected chi connectivity index (χ4v) is 2.18. The first-order valence-electron chi connectivity index (χ1n) is 6.42. The highest BCUT2D eigenvalue weighted by Crippen LogP contribution is 2.19. The highest BCUT2D eigenvalue weighted by atomic mass is 16.5. The first-order chi connectivity index (χ1) is 8.40. The predicted octanol–water partition coefficient (Wildman–Crippen LogP) is 2.48. The van der Waals surface area contributed by atoms with E-state index in [1.807, 2.05) is 24.3 Å². The smallest absolute Gasteiger partial charge is 0.123 e. The van der Waals surface area contributed by atoms with Crippen LogP contribution in [0.1, 0.15) is 31.2 Å². The minimum atomic E-state index is 0.461. The lowest BCUT2D eigenvalue weighted by molar-refractivity contribution is 0.0981. The number of hydrogen-bond acceptors (Lipinski definition) is 3. The number of benzene rings is 1. The third-order valence-corrected chi connectivity index (χ3v) is 3.14. The average Bonchev–Trinajstić information content (AvgIpc) is 2.88. The Morgan fingerprint density at radius 2 is 2.24 bits per heavy atom. The Balaban J connectivity index is 1.70. The van der Waals surface area contributed by atoms with Crippen LogP contribution in [0.5, 0.6) is 5.75 Å². The van der Waals surface area contributed by atoms with Gasteiger partial charge in [-0.1, -0.05) is 18.2 Å². The van der Waals surface area contributed by atoms with Gasteiger partial charge in [0.15, 0.2) is 0 Å². The van der Waals surface area contributed by atoms with Crippen LogP contribution < -0.4 is 10.5 Å². The SMILES string of the molecule is NCc1ccccc1OCCCC1CCCO1. The molecule has 0 radical (unpaired) electrons. The van der Waals surface area contributed by atoms with Crippen LogP contribution in [0.2, 0.25) is 0 Å². The fraction of sp³-hybridized carbons (Fsp3) is 0.571. The van der Waals surface area contributed by atoms with Crippen molar-refractivity contribution in [2.75, 3.05) is 13.2 Å². The number of ether oxygens (including phenoxy) is 2. The molecule has 3 nitrogen and oxygen atoms in total. The van der Waals surface area contributed by atoms with Crippen molar-refractivity contribution in [3.63, 3.8) is 0 Å². The molecule has 1 unspecified atom stereocenters. The Morgan fingerprint density at radius 1 is 1.35 bits per heavy atom. The summed E-state index contributed by atoms with van der Waals surface area (Å²) in [7, 11) is 0. The van der Waals surface area contributed by atoms with E-state index in [9.17, 15) is 0 Å². The minimum absolute atomic E-state index is 0.461. The van der Waals surface area contributed by atoms with Crippen LogP contribution in [0.4, 0.5) is 0 Å². The Labute approximate surface area is 103 Å². The molecule has 1 heterocycles. The summed E-state index contributed by atoms with van der Waals surface area (Å²) in [6.07, 6.45) is 5.03. The lowest BCUT2D eigenvalue weighted by Gasteiger charge is -2.12. The Kier molecular flexibility index (Phi) is 4.83. The van der Waals surface area contributed by atoms with Crippen molar-refractivity contribution < 1.29 is 9.47 Å². The van der Waals surface area contributed by atoms with Crippen LogP contribution in [0.3, 0.4) is 0 Å². The molecule has 0 amide bonds. The second-order valence-corrected chi connectivity index (χ2v) is 4.44. The molecule has 1 aliphatic heterocycles. The second kappa shape index (κ2) is 6.62. The quantitative estimate of drug-likeness (QED) is 0.770. The Morgan fingerprint density at radius 3 is 3.00 bits per heavy atom. The summed E-state index contributed by atoms with van der Waals surface area (Å²) in [4.78, 5) is 0. The van der Waals surface area contributed by atoms with Gasteiger partial charge < -0.3 is 15.2 Å². The van der Waals surface area contributed by atoms with Gasteiger partial charge in [0.1, 0.15) is 5.75 Å². The topological polar surface area (TPSA) is 44.5 Å². The zero-order chi connectivity index (χ0) is 11.9. The third kappa shape index (κ3) is 3.72. The summed E-state index contributed by atoms with van der Waals surface area (Å²) in [6, 6.07) is 7.96. The first-order valence-corrected chi connectivity index (χ1v) is 6.42. The van der Waals surface area contributed by atoms with E-state index in [1.54, 1.807) is 0 Å². The van der Waals surface area contributed by atoms with Gasteiger partial charge in [0.2, 0.25) is 0 Å². The summed E-state index contributed by atoms with van der Waals surface area (Å²) < 4.78 is 11.3. The van der Waals surface area contributed by atoms with Crippen molar-refractivity contribution >= 4 is 0 Å². The van der Waals surface area contributed by atoms with Gasteiger partial charge in [0.05, 0.1) is 12.7 Å². The third-order valence-electron chi connectivity index (χ3n) is 3.14. The number of hydrogen-bond donors (Lipinski definition) is 1. The zero-order valence-corrected chi connectivity index (χ0v) is 10.2. The van der Waals surface area contributed by atoms with Gasteiger partial charge in [0, 0.05) is 18.7 Å². The van der Waals surface area contributed by atoms with Crippen LogP contribution >= 0.6 is 0 Å². The maximum Gasteiger partial charge on any atom is 0.123 e. The summed E-state index contributed by atoms with van der Waals surface area (Å²) >= 11 is 0. The van der Waals surface area contributed by atoms with Crippen LogP contribution in [0.25, 0.3) is 0 Å². The molecule has 2 N–H and O–H groups in total. The summed E-state index contributed by atoms with van der Waals surface area (Å²) in [6.45, 7) is 2.21. The van der Waals surface area contributed by atoms with Crippen molar-refractivity contribution in [3.05, 3.63) is 29.8 Å². The molecular weight excluding hydrogens is 214 g/mol. The highest BCUT2D eigenvalue weighted by Gasteiger charge is 2.14. The van der Waals surface area contributed by atoms with Crippen LogP contribution in [-0.2, 0) is 11.3 Å². The first kappa shape index (κ1) is 12.4. The van der Waals surface area contributed by atoms with Crippen molar-refractivity contribution in [1.29, 1.82) is 0 Å². The van der Waals surface area contributed by atoms with E-state index >= 15 is 0 Å². The van der Waals surface area contributed by atoms with Crippen molar-refractivity contribution in [2.45, 2.75) is 38.3 Å². The van der Waals surface area contributed by atoms with Gasteiger partial charge in [-0.15, -0.1) is 0 Å². The Bertz CT molecular complexity index is 335. The lowest BCUT2D eigenvalue weighted by atomic mass is 10.1. The molecule has 1 aromatic carbocycles. The summed E-state index contributed by atoms with van der Waals surface area (Å²) in [5, 5.41) is 0. The fourth-order valence-electron chi connectivity index (χ4n) is 2.18. The van der Waals surface area contributed by atoms with E-state index in [4.69, 9.17) is 15.2 Å². The van der Waals surface area contributed by atoms with E-state index in [1.165, 1.54) is 12.8 Å². The van der Waals surface area contributed by atoms with E-state index in [0.29, 0.717) is 12.6 Å². The molecule has 94 valence electrons. The van der Waals surface area contributed by atoms with E-state index in [-0.39, 0.29) is 0 Å².